The van der Waals surface area contributed by atoms with E-state index in [2.05, 4.69) is 4.98 Å². The minimum atomic E-state index is -0.253. The molecule has 0 N–H and O–H groups in total. The van der Waals surface area contributed by atoms with Crippen molar-refractivity contribution in [1.82, 2.24) is 19.8 Å². The topological polar surface area (TPSA) is 83.0 Å². The number of pyridine rings is 1. The number of piperazine rings is 1. The van der Waals surface area contributed by atoms with E-state index in [0.29, 0.717) is 31.9 Å². The molecule has 25 heavy (non-hydrogen) atoms. The molecule has 8 nitrogen and oxygen atoms in total. The fourth-order valence-corrected chi connectivity index (χ4v) is 2.64. The van der Waals surface area contributed by atoms with Crippen molar-refractivity contribution in [2.24, 2.45) is 0 Å². The van der Waals surface area contributed by atoms with E-state index < -0.39 is 0 Å². The second kappa shape index (κ2) is 8.77. The summed E-state index contributed by atoms with van der Waals surface area (Å²) < 4.78 is 0. The lowest BCUT2D eigenvalue weighted by Gasteiger charge is -2.34. The van der Waals surface area contributed by atoms with Gasteiger partial charge in [0.25, 0.3) is 5.91 Å². The molecule has 0 unspecified atom stereocenters. The Kier molecular flexibility index (Phi) is 6.72. The van der Waals surface area contributed by atoms with Gasteiger partial charge in [-0.2, -0.15) is 0 Å². The van der Waals surface area contributed by atoms with Crippen molar-refractivity contribution in [2.45, 2.75) is 12.8 Å². The zero-order valence-corrected chi connectivity index (χ0v) is 15.0. The second-order valence-corrected chi connectivity index (χ2v) is 5.98. The molecule has 3 amide bonds. The van der Waals surface area contributed by atoms with E-state index in [1.807, 2.05) is 0 Å². The smallest absolute Gasteiger partial charge is 0.272 e. The van der Waals surface area contributed by atoms with Crippen LogP contribution in [0.4, 0.5) is 0 Å². The highest BCUT2D eigenvalue weighted by atomic mass is 35.5. The number of halogens is 1. The number of carbonyl (C=O) groups excluding carboxylic acids is 3. The molecular formula is C16H21ClN4O4. The molecular weight excluding hydrogens is 348 g/mol. The number of carbonyl (C=O) groups is 3. The van der Waals surface area contributed by atoms with E-state index in [1.165, 1.54) is 14.2 Å². The van der Waals surface area contributed by atoms with Crippen LogP contribution in [-0.2, 0) is 14.4 Å². The Morgan fingerprint density at radius 1 is 1.16 bits per heavy atom. The Morgan fingerprint density at radius 2 is 1.80 bits per heavy atom. The Balaban J connectivity index is 1.82. The Hall–Kier alpha value is -2.19. The summed E-state index contributed by atoms with van der Waals surface area (Å²) in [4.78, 5) is 48.3. The summed E-state index contributed by atoms with van der Waals surface area (Å²) >= 11 is 5.81. The van der Waals surface area contributed by atoms with E-state index in [4.69, 9.17) is 16.4 Å². The minimum Gasteiger partial charge on any atom is -0.339 e. The molecule has 2 heterocycles. The second-order valence-electron chi connectivity index (χ2n) is 5.59. The first-order valence-electron chi connectivity index (χ1n) is 7.92. The number of hydrogen-bond donors (Lipinski definition) is 0. The van der Waals surface area contributed by atoms with Crippen LogP contribution >= 0.6 is 11.6 Å². The number of hydrogen-bond acceptors (Lipinski definition) is 5. The molecule has 0 spiro atoms. The average molecular weight is 369 g/mol. The van der Waals surface area contributed by atoms with Crippen molar-refractivity contribution in [3.05, 3.63) is 29.0 Å². The SMILES string of the molecule is CON(C)C(=O)CCC(=O)N1CCN(C(=O)c2cccc(Cl)n2)CC1. The van der Waals surface area contributed by atoms with Crippen LogP contribution in [-0.4, -0.2) is 77.9 Å². The van der Waals surface area contributed by atoms with Gasteiger partial charge in [0.1, 0.15) is 10.8 Å². The van der Waals surface area contributed by atoms with E-state index in [0.717, 1.165) is 5.06 Å². The van der Waals surface area contributed by atoms with Gasteiger partial charge < -0.3 is 9.80 Å². The maximum Gasteiger partial charge on any atom is 0.272 e. The van der Waals surface area contributed by atoms with Crippen molar-refractivity contribution >= 4 is 29.3 Å². The molecule has 1 aliphatic rings. The van der Waals surface area contributed by atoms with Gasteiger partial charge in [-0.25, -0.2) is 10.0 Å². The fraction of sp³-hybridized carbons (Fsp3) is 0.500. The highest BCUT2D eigenvalue weighted by Gasteiger charge is 2.26. The zero-order chi connectivity index (χ0) is 18.4. The quantitative estimate of drug-likeness (QED) is 0.567. The zero-order valence-electron chi connectivity index (χ0n) is 14.3. The number of hydroxylamine groups is 2. The van der Waals surface area contributed by atoms with Crippen LogP contribution < -0.4 is 0 Å². The van der Waals surface area contributed by atoms with Crippen LogP contribution in [0.1, 0.15) is 23.3 Å². The molecule has 0 saturated carbocycles. The monoisotopic (exact) mass is 368 g/mol. The van der Waals surface area contributed by atoms with Crippen LogP contribution in [0.5, 0.6) is 0 Å². The maximum absolute atomic E-state index is 12.4. The van der Waals surface area contributed by atoms with Gasteiger partial charge in [0, 0.05) is 46.1 Å². The fourth-order valence-electron chi connectivity index (χ4n) is 2.48. The van der Waals surface area contributed by atoms with Crippen molar-refractivity contribution < 1.29 is 19.2 Å². The van der Waals surface area contributed by atoms with Crippen molar-refractivity contribution in [1.29, 1.82) is 0 Å². The molecule has 0 bridgehead atoms. The van der Waals surface area contributed by atoms with Gasteiger partial charge in [-0.1, -0.05) is 17.7 Å². The predicted molar refractivity (Wildman–Crippen MR) is 90.7 cm³/mol. The lowest BCUT2D eigenvalue weighted by molar-refractivity contribution is -0.169. The first-order chi connectivity index (χ1) is 11.9. The molecule has 0 radical (unpaired) electrons. The molecule has 2 rings (SSSR count). The van der Waals surface area contributed by atoms with Gasteiger partial charge in [0.05, 0.1) is 7.11 Å². The van der Waals surface area contributed by atoms with Crippen LogP contribution in [0.3, 0.4) is 0 Å². The number of rotatable bonds is 5. The summed E-state index contributed by atoms with van der Waals surface area (Å²) in [5, 5.41) is 1.37. The molecule has 0 aliphatic carbocycles. The minimum absolute atomic E-state index is 0.0920. The van der Waals surface area contributed by atoms with Gasteiger partial charge in [-0.15, -0.1) is 0 Å². The molecule has 9 heteroatoms. The summed E-state index contributed by atoms with van der Waals surface area (Å²) in [5.74, 6) is -0.561. The number of amides is 3. The number of nitrogens with zero attached hydrogens (tertiary/aromatic N) is 4. The van der Waals surface area contributed by atoms with Crippen LogP contribution in [0.15, 0.2) is 18.2 Å². The highest BCUT2D eigenvalue weighted by Crippen LogP contribution is 2.11. The molecule has 1 fully saturated rings. The standard InChI is InChI=1S/C16H21ClN4O4/c1-19(25-2)14(22)6-7-15(23)20-8-10-21(11-9-20)16(24)12-4-3-5-13(17)18-12/h3-5H,6-11H2,1-2H3. The lowest BCUT2D eigenvalue weighted by Crippen LogP contribution is -2.50. The summed E-state index contributed by atoms with van der Waals surface area (Å²) in [5.41, 5.74) is 0.292. The molecule has 1 saturated heterocycles. The van der Waals surface area contributed by atoms with Crippen LogP contribution in [0, 0.1) is 0 Å². The van der Waals surface area contributed by atoms with Gasteiger partial charge in [-0.05, 0) is 12.1 Å². The Morgan fingerprint density at radius 3 is 2.40 bits per heavy atom. The lowest BCUT2D eigenvalue weighted by atomic mass is 10.2. The molecule has 1 aromatic rings. The molecule has 1 aromatic heterocycles. The van der Waals surface area contributed by atoms with Crippen LogP contribution in [0.2, 0.25) is 5.15 Å². The van der Waals surface area contributed by atoms with E-state index >= 15 is 0 Å². The molecule has 136 valence electrons. The Bertz CT molecular complexity index is 647. The maximum atomic E-state index is 12.4. The molecule has 1 aliphatic heterocycles. The summed E-state index contributed by atoms with van der Waals surface area (Å²) in [6, 6.07) is 4.90. The average Bonchev–Trinajstić information content (AvgIpc) is 2.64. The largest absolute Gasteiger partial charge is 0.339 e. The van der Waals surface area contributed by atoms with E-state index in [-0.39, 0.29) is 35.7 Å². The third-order valence-corrected chi connectivity index (χ3v) is 4.24. The van der Waals surface area contributed by atoms with Gasteiger partial charge in [-0.3, -0.25) is 19.2 Å². The third-order valence-electron chi connectivity index (χ3n) is 4.03. The van der Waals surface area contributed by atoms with Gasteiger partial charge in [0.2, 0.25) is 11.8 Å². The molecule has 0 aromatic carbocycles. The third kappa shape index (κ3) is 5.14. The van der Waals surface area contributed by atoms with Crippen LogP contribution in [0.25, 0.3) is 0 Å². The summed E-state index contributed by atoms with van der Waals surface area (Å²) in [7, 11) is 2.89. The normalized spacial score (nSPS) is 14.4. The van der Waals surface area contributed by atoms with E-state index in [9.17, 15) is 14.4 Å². The summed E-state index contributed by atoms with van der Waals surface area (Å²) in [6.45, 7) is 1.70. The van der Waals surface area contributed by atoms with Gasteiger partial charge >= 0.3 is 0 Å². The number of aromatic nitrogens is 1. The predicted octanol–water partition coefficient (Wildman–Crippen LogP) is 0.819. The Labute approximate surface area is 151 Å². The van der Waals surface area contributed by atoms with Crippen molar-refractivity contribution in [3.63, 3.8) is 0 Å². The van der Waals surface area contributed by atoms with Crippen molar-refractivity contribution in [3.8, 4) is 0 Å². The van der Waals surface area contributed by atoms with Gasteiger partial charge in [0.15, 0.2) is 0 Å². The molecule has 0 atom stereocenters. The first-order valence-corrected chi connectivity index (χ1v) is 8.30. The van der Waals surface area contributed by atoms with Crippen molar-refractivity contribution in [2.75, 3.05) is 40.3 Å². The summed E-state index contributed by atoms with van der Waals surface area (Å²) in [6.07, 6.45) is 0.213. The van der Waals surface area contributed by atoms with E-state index in [1.54, 1.807) is 28.0 Å². The highest BCUT2D eigenvalue weighted by molar-refractivity contribution is 6.29. The first kappa shape index (κ1) is 19.1.